The van der Waals surface area contributed by atoms with Crippen LogP contribution in [0.3, 0.4) is 0 Å². The van der Waals surface area contributed by atoms with Crippen LogP contribution in [0.2, 0.25) is 5.02 Å². The summed E-state index contributed by atoms with van der Waals surface area (Å²) in [6.07, 6.45) is -2.13. The number of nitrogens with one attached hydrogen (secondary N) is 1. The molecule has 0 unspecified atom stereocenters. The molecule has 0 aliphatic rings. The third-order valence-corrected chi connectivity index (χ3v) is 2.14. The van der Waals surface area contributed by atoms with E-state index in [0.717, 1.165) is 12.3 Å². The van der Waals surface area contributed by atoms with Crippen LogP contribution in [0, 0.1) is 0 Å². The molecule has 2 aromatic heterocycles. The molecule has 2 rings (SSSR count). The predicted molar refractivity (Wildman–Crippen MR) is 59.6 cm³/mol. The molecule has 2 aromatic rings. The normalized spacial score (nSPS) is 11.3. The van der Waals surface area contributed by atoms with Crippen LogP contribution in [0.1, 0.15) is 5.69 Å². The first-order valence-corrected chi connectivity index (χ1v) is 5.12. The van der Waals surface area contributed by atoms with E-state index in [9.17, 15) is 13.2 Å². The van der Waals surface area contributed by atoms with Crippen molar-refractivity contribution >= 4 is 23.4 Å². The van der Waals surface area contributed by atoms with Gasteiger partial charge in [-0.25, -0.2) is 15.0 Å². The summed E-state index contributed by atoms with van der Waals surface area (Å²) < 4.78 is 37.2. The Bertz CT molecular complexity index is 542. The van der Waals surface area contributed by atoms with Crippen LogP contribution in [0.4, 0.5) is 24.9 Å². The van der Waals surface area contributed by atoms with E-state index >= 15 is 0 Å². The number of pyridine rings is 1. The lowest BCUT2D eigenvalue weighted by atomic mass is 10.4. The van der Waals surface area contributed by atoms with Gasteiger partial charge in [0.15, 0.2) is 0 Å². The highest BCUT2D eigenvalue weighted by Crippen LogP contribution is 2.27. The molecule has 0 fully saturated rings. The van der Waals surface area contributed by atoms with Crippen molar-refractivity contribution in [2.24, 2.45) is 0 Å². The van der Waals surface area contributed by atoms with Crippen LogP contribution in [-0.2, 0) is 6.18 Å². The Labute approximate surface area is 105 Å². The number of alkyl halides is 3. The van der Waals surface area contributed by atoms with E-state index in [0.29, 0.717) is 10.8 Å². The molecule has 94 valence electrons. The van der Waals surface area contributed by atoms with Gasteiger partial charge in [0.25, 0.3) is 0 Å². The second-order valence-electron chi connectivity index (χ2n) is 3.25. The molecular formula is C10H6ClF3N4. The lowest BCUT2D eigenvalue weighted by Gasteiger charge is -2.07. The lowest BCUT2D eigenvalue weighted by molar-refractivity contribution is -0.141. The zero-order chi connectivity index (χ0) is 13.2. The first-order chi connectivity index (χ1) is 8.45. The van der Waals surface area contributed by atoms with E-state index in [2.05, 4.69) is 20.3 Å². The van der Waals surface area contributed by atoms with Gasteiger partial charge in [0.1, 0.15) is 11.5 Å². The Hall–Kier alpha value is -1.89. The van der Waals surface area contributed by atoms with Crippen molar-refractivity contribution in [1.29, 1.82) is 0 Å². The van der Waals surface area contributed by atoms with E-state index in [4.69, 9.17) is 11.6 Å². The van der Waals surface area contributed by atoms with Crippen molar-refractivity contribution in [3.63, 3.8) is 0 Å². The molecule has 0 saturated heterocycles. The number of aromatic nitrogens is 3. The third-order valence-electron chi connectivity index (χ3n) is 1.91. The summed E-state index contributed by atoms with van der Waals surface area (Å²) in [4.78, 5) is 10.9. The molecule has 0 amide bonds. The number of anilines is 2. The molecule has 1 N–H and O–H groups in total. The summed E-state index contributed by atoms with van der Waals surface area (Å²) in [7, 11) is 0. The molecule has 0 atom stereocenters. The number of hydrogen-bond donors (Lipinski definition) is 1. The van der Waals surface area contributed by atoms with E-state index in [1.54, 1.807) is 6.07 Å². The van der Waals surface area contributed by atoms with Crippen LogP contribution in [0.5, 0.6) is 0 Å². The molecule has 4 nitrogen and oxygen atoms in total. The maximum Gasteiger partial charge on any atom is 0.433 e. The first-order valence-electron chi connectivity index (χ1n) is 4.74. The zero-order valence-corrected chi connectivity index (χ0v) is 9.50. The van der Waals surface area contributed by atoms with Gasteiger partial charge in [0.2, 0.25) is 5.95 Å². The molecule has 0 aliphatic carbocycles. The Kier molecular flexibility index (Phi) is 3.33. The number of nitrogens with zero attached hydrogens (tertiary/aromatic N) is 3. The van der Waals surface area contributed by atoms with Gasteiger partial charge in [-0.05, 0) is 18.2 Å². The minimum Gasteiger partial charge on any atom is -0.309 e. The van der Waals surface area contributed by atoms with Gasteiger partial charge in [-0.1, -0.05) is 11.6 Å². The number of halogens is 4. The highest BCUT2D eigenvalue weighted by Gasteiger charge is 2.32. The minimum atomic E-state index is -4.51. The fraction of sp³-hybridized carbons (Fsp3) is 0.100. The van der Waals surface area contributed by atoms with E-state index in [1.165, 1.54) is 12.3 Å². The topological polar surface area (TPSA) is 50.7 Å². The monoisotopic (exact) mass is 274 g/mol. The van der Waals surface area contributed by atoms with Crippen molar-refractivity contribution in [2.45, 2.75) is 6.18 Å². The fourth-order valence-electron chi connectivity index (χ4n) is 1.14. The smallest absolute Gasteiger partial charge is 0.309 e. The average Bonchev–Trinajstić information content (AvgIpc) is 2.31. The van der Waals surface area contributed by atoms with Crippen molar-refractivity contribution < 1.29 is 13.2 Å². The molecule has 18 heavy (non-hydrogen) atoms. The van der Waals surface area contributed by atoms with Gasteiger partial charge in [0.05, 0.1) is 5.02 Å². The summed E-state index contributed by atoms with van der Waals surface area (Å²) in [5.74, 6) is 0.123. The van der Waals surface area contributed by atoms with Gasteiger partial charge >= 0.3 is 6.18 Å². The zero-order valence-electron chi connectivity index (χ0n) is 8.74. The van der Waals surface area contributed by atoms with Gasteiger partial charge in [0, 0.05) is 12.4 Å². The number of rotatable bonds is 2. The Balaban J connectivity index is 2.22. The van der Waals surface area contributed by atoms with Crippen molar-refractivity contribution in [1.82, 2.24) is 15.0 Å². The van der Waals surface area contributed by atoms with Crippen molar-refractivity contribution in [3.8, 4) is 0 Å². The molecule has 8 heteroatoms. The molecule has 0 bridgehead atoms. The van der Waals surface area contributed by atoms with Crippen molar-refractivity contribution in [2.75, 3.05) is 5.32 Å². The molecule has 0 aromatic carbocycles. The molecular weight excluding hydrogens is 269 g/mol. The molecule has 2 heterocycles. The number of hydrogen-bond acceptors (Lipinski definition) is 4. The van der Waals surface area contributed by atoms with Crippen LogP contribution in [0.25, 0.3) is 0 Å². The molecule has 0 spiro atoms. The predicted octanol–water partition coefficient (Wildman–Crippen LogP) is 3.29. The second-order valence-corrected chi connectivity index (χ2v) is 3.69. The highest BCUT2D eigenvalue weighted by atomic mass is 35.5. The minimum absolute atomic E-state index is 0.181. The van der Waals surface area contributed by atoms with Crippen LogP contribution < -0.4 is 5.32 Å². The van der Waals surface area contributed by atoms with E-state index in [1.807, 2.05) is 0 Å². The SMILES string of the molecule is FC(F)(F)c1ccnc(Nc2ccc(Cl)cn2)n1. The van der Waals surface area contributed by atoms with Gasteiger partial charge in [-0.2, -0.15) is 13.2 Å². The first kappa shape index (κ1) is 12.6. The standard InChI is InChI=1S/C10H6ClF3N4/c11-6-1-2-8(16-5-6)18-9-15-4-3-7(17-9)10(12,13)14/h1-5H,(H,15,16,17,18). The van der Waals surface area contributed by atoms with Gasteiger partial charge < -0.3 is 5.32 Å². The lowest BCUT2D eigenvalue weighted by Crippen LogP contribution is -2.10. The Morgan fingerprint density at radius 3 is 2.50 bits per heavy atom. The third kappa shape index (κ3) is 3.07. The maximum atomic E-state index is 12.4. The second kappa shape index (κ2) is 4.77. The largest absolute Gasteiger partial charge is 0.433 e. The van der Waals surface area contributed by atoms with E-state index in [-0.39, 0.29) is 5.95 Å². The van der Waals surface area contributed by atoms with Crippen LogP contribution >= 0.6 is 11.6 Å². The fourth-order valence-corrected chi connectivity index (χ4v) is 1.25. The summed E-state index contributed by atoms with van der Waals surface area (Å²) in [6, 6.07) is 3.84. The summed E-state index contributed by atoms with van der Waals surface area (Å²) in [5.41, 5.74) is -1.02. The van der Waals surface area contributed by atoms with Gasteiger partial charge in [-0.15, -0.1) is 0 Å². The molecule has 0 saturated carbocycles. The summed E-state index contributed by atoms with van der Waals surface area (Å²) >= 11 is 5.63. The highest BCUT2D eigenvalue weighted by molar-refractivity contribution is 6.30. The average molecular weight is 275 g/mol. The Morgan fingerprint density at radius 1 is 1.11 bits per heavy atom. The molecule has 0 radical (unpaired) electrons. The van der Waals surface area contributed by atoms with Gasteiger partial charge in [-0.3, -0.25) is 0 Å². The summed E-state index contributed by atoms with van der Waals surface area (Å²) in [5, 5.41) is 2.97. The summed E-state index contributed by atoms with van der Waals surface area (Å²) in [6.45, 7) is 0. The maximum absolute atomic E-state index is 12.4. The quantitative estimate of drug-likeness (QED) is 0.913. The van der Waals surface area contributed by atoms with Crippen LogP contribution in [0.15, 0.2) is 30.6 Å². The van der Waals surface area contributed by atoms with E-state index < -0.39 is 11.9 Å². The molecule has 0 aliphatic heterocycles. The van der Waals surface area contributed by atoms with Crippen molar-refractivity contribution in [3.05, 3.63) is 41.3 Å². The van der Waals surface area contributed by atoms with Crippen LogP contribution in [-0.4, -0.2) is 15.0 Å². The Morgan fingerprint density at radius 2 is 1.89 bits per heavy atom.